The molecule has 0 spiro atoms. The van der Waals surface area contributed by atoms with Crippen LogP contribution in [0, 0.1) is 26.7 Å². The molecule has 8 nitrogen and oxygen atoms in total. The van der Waals surface area contributed by atoms with Crippen molar-refractivity contribution < 1.29 is 21.6 Å². The SMILES string of the molecule is Cc1cc(C)c(-c2csc(NC(=O)C3CCN(S(=O)(=O)c4ccc(S(C)(=O)=O)cc4)CC3)n2)c(C)c1. The lowest BCUT2D eigenvalue weighted by molar-refractivity contribution is -0.120. The normalized spacial score (nSPS) is 15.7. The second-order valence-electron chi connectivity index (χ2n) is 9.22. The molecule has 0 radical (unpaired) electrons. The third-order valence-electron chi connectivity index (χ3n) is 6.38. The summed E-state index contributed by atoms with van der Waals surface area (Å²) in [4.78, 5) is 17.6. The van der Waals surface area contributed by atoms with Crippen LogP contribution in [0.1, 0.15) is 29.5 Å². The lowest BCUT2D eigenvalue weighted by Crippen LogP contribution is -2.41. The number of aryl methyl sites for hydroxylation is 3. The number of piperidine rings is 1. The molecule has 3 aromatic rings. The van der Waals surface area contributed by atoms with E-state index in [1.807, 2.05) is 5.38 Å². The summed E-state index contributed by atoms with van der Waals surface area (Å²) in [6.45, 7) is 6.57. The summed E-state index contributed by atoms with van der Waals surface area (Å²) < 4.78 is 50.6. The maximum Gasteiger partial charge on any atom is 0.243 e. The van der Waals surface area contributed by atoms with Gasteiger partial charge in [-0.3, -0.25) is 4.79 Å². The summed E-state index contributed by atoms with van der Waals surface area (Å²) in [5.41, 5.74) is 5.36. The van der Waals surface area contributed by atoms with E-state index in [0.717, 1.165) is 28.6 Å². The Bertz CT molecular complexity index is 1480. The van der Waals surface area contributed by atoms with E-state index in [0.29, 0.717) is 18.0 Å². The number of hydrogen-bond donors (Lipinski definition) is 1. The van der Waals surface area contributed by atoms with E-state index < -0.39 is 19.9 Å². The number of thiazole rings is 1. The van der Waals surface area contributed by atoms with Crippen molar-refractivity contribution in [2.24, 2.45) is 5.92 Å². The molecule has 1 aromatic heterocycles. The van der Waals surface area contributed by atoms with Gasteiger partial charge in [-0.15, -0.1) is 11.3 Å². The molecule has 192 valence electrons. The van der Waals surface area contributed by atoms with Gasteiger partial charge in [-0.25, -0.2) is 21.8 Å². The van der Waals surface area contributed by atoms with Crippen molar-refractivity contribution >= 4 is 42.2 Å². The molecule has 11 heteroatoms. The highest BCUT2D eigenvalue weighted by molar-refractivity contribution is 7.90. The molecular formula is C25H29N3O5S3. The van der Waals surface area contributed by atoms with Crippen LogP contribution in [0.2, 0.25) is 0 Å². The van der Waals surface area contributed by atoms with Crippen molar-refractivity contribution in [2.75, 3.05) is 24.7 Å². The Kier molecular flexibility index (Phi) is 7.38. The van der Waals surface area contributed by atoms with Crippen LogP contribution in [0.25, 0.3) is 11.3 Å². The number of carbonyl (C=O) groups excluding carboxylic acids is 1. The van der Waals surface area contributed by atoms with Crippen molar-refractivity contribution in [3.63, 3.8) is 0 Å². The Balaban J connectivity index is 1.39. The van der Waals surface area contributed by atoms with Crippen LogP contribution >= 0.6 is 11.3 Å². The first-order valence-corrected chi connectivity index (χ1v) is 15.7. The number of sulfone groups is 1. The van der Waals surface area contributed by atoms with E-state index in [4.69, 9.17) is 0 Å². The molecule has 1 fully saturated rings. The van der Waals surface area contributed by atoms with Gasteiger partial charge in [-0.2, -0.15) is 4.31 Å². The Hall–Kier alpha value is -2.60. The number of carbonyl (C=O) groups is 1. The van der Waals surface area contributed by atoms with E-state index in [9.17, 15) is 21.6 Å². The van der Waals surface area contributed by atoms with Crippen molar-refractivity contribution in [1.82, 2.24) is 9.29 Å². The lowest BCUT2D eigenvalue weighted by Gasteiger charge is -2.30. The zero-order valence-electron chi connectivity index (χ0n) is 20.6. The fourth-order valence-corrected chi connectivity index (χ4v) is 7.41. The molecule has 36 heavy (non-hydrogen) atoms. The fraction of sp³-hybridized carbons (Fsp3) is 0.360. The Labute approximate surface area is 216 Å². The van der Waals surface area contributed by atoms with Crippen molar-refractivity contribution in [2.45, 2.75) is 43.4 Å². The summed E-state index contributed by atoms with van der Waals surface area (Å²) in [5, 5.41) is 5.36. The number of hydrogen-bond acceptors (Lipinski definition) is 7. The first kappa shape index (κ1) is 26.5. The van der Waals surface area contributed by atoms with E-state index >= 15 is 0 Å². The molecule has 1 aliphatic heterocycles. The average molecular weight is 548 g/mol. The quantitative estimate of drug-likeness (QED) is 0.495. The minimum atomic E-state index is -3.77. The molecule has 4 rings (SSSR count). The van der Waals surface area contributed by atoms with Crippen LogP contribution in [0.3, 0.4) is 0 Å². The highest BCUT2D eigenvalue weighted by Crippen LogP contribution is 2.32. The van der Waals surface area contributed by atoms with Crippen LogP contribution in [0.15, 0.2) is 51.6 Å². The number of benzene rings is 2. The minimum Gasteiger partial charge on any atom is -0.302 e. The average Bonchev–Trinajstić information content (AvgIpc) is 3.25. The molecule has 1 saturated heterocycles. The molecule has 0 aliphatic carbocycles. The van der Waals surface area contributed by atoms with Crippen LogP contribution in [0.4, 0.5) is 5.13 Å². The molecular weight excluding hydrogens is 518 g/mol. The standard InChI is InChI=1S/C25H29N3O5S3/c1-16-13-17(2)23(18(3)14-16)22-15-34-25(26-22)27-24(29)19-9-11-28(12-10-19)36(32,33)21-7-5-20(6-8-21)35(4,30)31/h5-8,13-15,19H,9-12H2,1-4H3,(H,26,27,29). The third-order valence-corrected chi connectivity index (χ3v) is 10.2. The molecule has 0 unspecified atom stereocenters. The van der Waals surface area contributed by atoms with E-state index in [2.05, 4.69) is 43.2 Å². The van der Waals surface area contributed by atoms with Gasteiger partial charge >= 0.3 is 0 Å². The molecule has 1 amide bonds. The number of aromatic nitrogens is 1. The van der Waals surface area contributed by atoms with Gasteiger partial charge in [0.2, 0.25) is 15.9 Å². The van der Waals surface area contributed by atoms with E-state index in [-0.39, 0.29) is 34.7 Å². The minimum absolute atomic E-state index is 0.0369. The van der Waals surface area contributed by atoms with Crippen LogP contribution in [0.5, 0.6) is 0 Å². The summed E-state index contributed by atoms with van der Waals surface area (Å²) in [6.07, 6.45) is 1.85. The summed E-state index contributed by atoms with van der Waals surface area (Å²) in [5.74, 6) is -0.484. The van der Waals surface area contributed by atoms with Crippen molar-refractivity contribution in [3.05, 3.63) is 58.5 Å². The first-order valence-electron chi connectivity index (χ1n) is 11.5. The molecule has 1 aliphatic rings. The van der Waals surface area contributed by atoms with Crippen molar-refractivity contribution in [3.8, 4) is 11.3 Å². The van der Waals surface area contributed by atoms with Crippen LogP contribution in [-0.2, 0) is 24.7 Å². The monoisotopic (exact) mass is 547 g/mol. The molecule has 2 aromatic carbocycles. The molecule has 0 atom stereocenters. The predicted molar refractivity (Wildman–Crippen MR) is 141 cm³/mol. The maximum absolute atomic E-state index is 13.0. The lowest BCUT2D eigenvalue weighted by atomic mass is 9.97. The number of anilines is 1. The number of nitrogens with one attached hydrogen (secondary N) is 1. The highest BCUT2D eigenvalue weighted by Gasteiger charge is 2.32. The number of amides is 1. The van der Waals surface area contributed by atoms with Crippen molar-refractivity contribution in [1.29, 1.82) is 0 Å². The molecule has 0 saturated carbocycles. The number of sulfonamides is 1. The van der Waals surface area contributed by atoms with E-state index in [1.54, 1.807) is 0 Å². The fourth-order valence-electron chi connectivity index (χ4n) is 4.60. The van der Waals surface area contributed by atoms with Gasteiger partial charge in [-0.05, 0) is 69.0 Å². The third kappa shape index (κ3) is 5.54. The Morgan fingerprint density at radius 2 is 1.53 bits per heavy atom. The Morgan fingerprint density at radius 1 is 0.972 bits per heavy atom. The first-order chi connectivity index (χ1) is 16.9. The van der Waals surface area contributed by atoms with Gasteiger partial charge in [0.05, 0.1) is 15.5 Å². The van der Waals surface area contributed by atoms with Gasteiger partial charge in [0.1, 0.15) is 0 Å². The topological polar surface area (TPSA) is 114 Å². The predicted octanol–water partition coefficient (Wildman–Crippen LogP) is 4.18. The molecule has 1 N–H and O–H groups in total. The second-order valence-corrected chi connectivity index (χ2v) is 14.0. The summed E-state index contributed by atoms with van der Waals surface area (Å²) in [6, 6.07) is 9.43. The van der Waals surface area contributed by atoms with Gasteiger partial charge in [-0.1, -0.05) is 17.7 Å². The van der Waals surface area contributed by atoms with Gasteiger partial charge < -0.3 is 5.32 Å². The van der Waals surface area contributed by atoms with Gasteiger partial charge in [0, 0.05) is 36.2 Å². The second kappa shape index (κ2) is 10.0. The Morgan fingerprint density at radius 3 is 2.08 bits per heavy atom. The van der Waals surface area contributed by atoms with Crippen LogP contribution < -0.4 is 5.32 Å². The summed E-state index contributed by atoms with van der Waals surface area (Å²) >= 11 is 1.37. The summed E-state index contributed by atoms with van der Waals surface area (Å²) in [7, 11) is -7.18. The number of rotatable bonds is 6. The van der Waals surface area contributed by atoms with Gasteiger partial charge in [0.25, 0.3) is 0 Å². The van der Waals surface area contributed by atoms with Crippen LogP contribution in [-0.4, -0.2) is 51.4 Å². The zero-order valence-corrected chi connectivity index (χ0v) is 23.1. The number of nitrogens with zero attached hydrogens (tertiary/aromatic N) is 2. The molecule has 0 bridgehead atoms. The maximum atomic E-state index is 13.0. The highest BCUT2D eigenvalue weighted by atomic mass is 32.2. The molecule has 2 heterocycles. The zero-order chi connectivity index (χ0) is 26.3. The largest absolute Gasteiger partial charge is 0.302 e. The smallest absolute Gasteiger partial charge is 0.243 e. The van der Waals surface area contributed by atoms with Gasteiger partial charge in [0.15, 0.2) is 15.0 Å². The van der Waals surface area contributed by atoms with E-state index in [1.165, 1.54) is 45.5 Å².